The molecule has 0 radical (unpaired) electrons. The lowest BCUT2D eigenvalue weighted by Gasteiger charge is -2.45. The maximum Gasteiger partial charge on any atom is 0.272 e. The van der Waals surface area contributed by atoms with Gasteiger partial charge in [0, 0.05) is 18.1 Å². The highest BCUT2D eigenvalue weighted by molar-refractivity contribution is 7.93. The van der Waals surface area contributed by atoms with Crippen LogP contribution in [-0.4, -0.2) is 92.7 Å². The molecule has 1 aromatic heterocycles. The molecule has 1 N–H and O–H groups in total. The normalized spacial score (nSPS) is 29.7. The van der Waals surface area contributed by atoms with Crippen molar-refractivity contribution in [1.29, 1.82) is 0 Å². The molecule has 0 saturated carbocycles. The molecule has 9 nitrogen and oxygen atoms in total. The summed E-state index contributed by atoms with van der Waals surface area (Å²) in [7, 11) is 1.01. The molecule has 0 bridgehead atoms. The SMILES string of the molecule is C[C@@H](C(=O)N=S1(=O)CCC2(CC1)CN(C(=O)c1cnc[nH]1)CCO2)N(C)C. The summed E-state index contributed by atoms with van der Waals surface area (Å²) in [6, 6.07) is -0.396. The average Bonchev–Trinajstić information content (AvgIpc) is 3.18. The summed E-state index contributed by atoms with van der Waals surface area (Å²) in [6.07, 6.45) is 4.03. The van der Waals surface area contributed by atoms with Gasteiger partial charge in [0.1, 0.15) is 5.69 Å². The highest BCUT2D eigenvalue weighted by Crippen LogP contribution is 2.32. The summed E-state index contributed by atoms with van der Waals surface area (Å²) < 4.78 is 23.1. The lowest BCUT2D eigenvalue weighted by Crippen LogP contribution is -2.56. The van der Waals surface area contributed by atoms with Crippen molar-refractivity contribution in [3.63, 3.8) is 0 Å². The molecule has 0 aliphatic carbocycles. The van der Waals surface area contributed by atoms with Gasteiger partial charge in [0.2, 0.25) is 0 Å². The van der Waals surface area contributed by atoms with Crippen molar-refractivity contribution in [2.24, 2.45) is 4.36 Å². The molecule has 2 amide bonds. The maximum atomic E-state index is 13.0. The zero-order valence-corrected chi connectivity index (χ0v) is 16.8. The summed E-state index contributed by atoms with van der Waals surface area (Å²) in [4.78, 5) is 35.0. The Morgan fingerprint density at radius 3 is 2.70 bits per heavy atom. The fraction of sp³-hybridized carbons (Fsp3) is 0.706. The fourth-order valence-corrected chi connectivity index (χ4v) is 5.58. The maximum absolute atomic E-state index is 13.0. The second kappa shape index (κ2) is 7.69. The second-order valence-corrected chi connectivity index (χ2v) is 10.0. The van der Waals surface area contributed by atoms with E-state index in [0.717, 1.165) is 0 Å². The van der Waals surface area contributed by atoms with Crippen LogP contribution in [0.5, 0.6) is 0 Å². The Balaban J connectivity index is 1.67. The van der Waals surface area contributed by atoms with Gasteiger partial charge in [-0.25, -0.2) is 9.19 Å². The zero-order chi connectivity index (χ0) is 19.7. The third kappa shape index (κ3) is 4.39. The lowest BCUT2D eigenvalue weighted by molar-refractivity contribution is -0.121. The fourth-order valence-electron chi connectivity index (χ4n) is 3.33. The first kappa shape index (κ1) is 20.0. The van der Waals surface area contributed by atoms with Gasteiger partial charge >= 0.3 is 0 Å². The van der Waals surface area contributed by atoms with E-state index in [-0.39, 0.29) is 11.8 Å². The first-order valence-corrected chi connectivity index (χ1v) is 10.9. The monoisotopic (exact) mass is 397 g/mol. The van der Waals surface area contributed by atoms with Gasteiger partial charge in [-0.05, 0) is 33.9 Å². The molecule has 150 valence electrons. The Labute approximate surface area is 159 Å². The van der Waals surface area contributed by atoms with E-state index < -0.39 is 21.4 Å². The number of nitrogens with one attached hydrogen (secondary N) is 1. The van der Waals surface area contributed by atoms with Crippen LogP contribution in [0.15, 0.2) is 16.9 Å². The van der Waals surface area contributed by atoms with Crippen molar-refractivity contribution in [1.82, 2.24) is 19.8 Å². The zero-order valence-electron chi connectivity index (χ0n) is 16.0. The van der Waals surface area contributed by atoms with Crippen LogP contribution in [-0.2, 0) is 19.3 Å². The predicted octanol–water partition coefficient (Wildman–Crippen LogP) is 0.359. The van der Waals surface area contributed by atoms with E-state index in [4.69, 9.17) is 4.74 Å². The van der Waals surface area contributed by atoms with Crippen LogP contribution in [0, 0.1) is 0 Å². The van der Waals surface area contributed by atoms with Crippen molar-refractivity contribution in [2.75, 3.05) is 45.3 Å². The number of morpholine rings is 1. The molecule has 1 spiro atoms. The van der Waals surface area contributed by atoms with E-state index in [0.29, 0.717) is 49.7 Å². The predicted molar refractivity (Wildman–Crippen MR) is 101 cm³/mol. The molecule has 2 aliphatic heterocycles. The largest absolute Gasteiger partial charge is 0.371 e. The number of likely N-dealkylation sites (N-methyl/N-ethyl adjacent to an activating group) is 1. The van der Waals surface area contributed by atoms with E-state index in [1.54, 1.807) is 30.8 Å². The number of hydrogen-bond donors (Lipinski definition) is 1. The van der Waals surface area contributed by atoms with Crippen LogP contribution in [0.1, 0.15) is 30.3 Å². The van der Waals surface area contributed by atoms with Crippen molar-refractivity contribution >= 4 is 21.5 Å². The molecular formula is C17H27N5O4S. The summed E-state index contributed by atoms with van der Waals surface area (Å²) in [6.45, 7) is 3.15. The van der Waals surface area contributed by atoms with Crippen molar-refractivity contribution in [3.8, 4) is 0 Å². The van der Waals surface area contributed by atoms with E-state index in [1.165, 1.54) is 12.5 Å². The Hall–Kier alpha value is -1.78. The Morgan fingerprint density at radius 1 is 1.41 bits per heavy atom. The molecule has 1 aromatic rings. The molecule has 2 fully saturated rings. The standard InChI is InChI=1S/C17H27N5O4S/c1-13(21(2)3)15(23)20-27(25)8-4-17(5-9-27)11-22(6-7-26-17)16(24)14-10-18-12-19-14/h10,12-13H,4-9,11H2,1-3H3,(H,18,19)/t13-,17?,27?/m0/s1. The molecule has 27 heavy (non-hydrogen) atoms. The van der Waals surface area contributed by atoms with Gasteiger partial charge in [0.15, 0.2) is 0 Å². The number of aromatic nitrogens is 2. The van der Waals surface area contributed by atoms with Crippen LogP contribution in [0.3, 0.4) is 0 Å². The molecule has 1 atom stereocenters. The van der Waals surface area contributed by atoms with E-state index in [2.05, 4.69) is 14.3 Å². The van der Waals surface area contributed by atoms with Crippen molar-refractivity contribution in [2.45, 2.75) is 31.4 Å². The molecule has 10 heteroatoms. The molecule has 0 aromatic carbocycles. The molecule has 3 rings (SSSR count). The number of carbonyl (C=O) groups is 2. The quantitative estimate of drug-likeness (QED) is 0.789. The Bertz CT molecular complexity index is 799. The van der Waals surface area contributed by atoms with Crippen molar-refractivity contribution in [3.05, 3.63) is 18.2 Å². The van der Waals surface area contributed by atoms with Gasteiger partial charge in [-0.3, -0.25) is 14.5 Å². The number of ether oxygens (including phenoxy) is 1. The number of nitrogens with zero attached hydrogens (tertiary/aromatic N) is 4. The lowest BCUT2D eigenvalue weighted by atomic mass is 9.94. The van der Waals surface area contributed by atoms with Gasteiger partial charge < -0.3 is 14.6 Å². The minimum atomic E-state index is -2.58. The van der Waals surface area contributed by atoms with E-state index in [1.807, 2.05) is 0 Å². The third-order valence-electron chi connectivity index (χ3n) is 5.41. The van der Waals surface area contributed by atoms with Crippen LogP contribution in [0.25, 0.3) is 0 Å². The van der Waals surface area contributed by atoms with Gasteiger partial charge in [-0.1, -0.05) is 0 Å². The first-order valence-electron chi connectivity index (χ1n) is 9.08. The van der Waals surface area contributed by atoms with Crippen LogP contribution in [0.4, 0.5) is 0 Å². The number of amides is 2. The van der Waals surface area contributed by atoms with Crippen LogP contribution < -0.4 is 0 Å². The van der Waals surface area contributed by atoms with E-state index in [9.17, 15) is 13.8 Å². The van der Waals surface area contributed by atoms with Crippen LogP contribution >= 0.6 is 0 Å². The number of imidazole rings is 1. The second-order valence-electron chi connectivity index (χ2n) is 7.47. The smallest absolute Gasteiger partial charge is 0.272 e. The number of hydrogen-bond acceptors (Lipinski definition) is 6. The van der Waals surface area contributed by atoms with Crippen LogP contribution in [0.2, 0.25) is 0 Å². The topological polar surface area (TPSA) is 108 Å². The number of H-pyrrole nitrogens is 1. The van der Waals surface area contributed by atoms with E-state index >= 15 is 0 Å². The third-order valence-corrected chi connectivity index (χ3v) is 7.60. The Kier molecular flexibility index (Phi) is 5.68. The molecule has 0 unspecified atom stereocenters. The average molecular weight is 398 g/mol. The van der Waals surface area contributed by atoms with Gasteiger partial charge in [-0.2, -0.15) is 4.36 Å². The number of rotatable bonds is 3. The molecular weight excluding hydrogens is 370 g/mol. The molecule has 3 heterocycles. The Morgan fingerprint density at radius 2 is 2.11 bits per heavy atom. The molecule has 2 aliphatic rings. The summed E-state index contributed by atoms with van der Waals surface area (Å²) in [5, 5.41) is 0. The number of aromatic amines is 1. The summed E-state index contributed by atoms with van der Waals surface area (Å²) >= 11 is 0. The van der Waals surface area contributed by atoms with Gasteiger partial charge in [-0.15, -0.1) is 0 Å². The highest BCUT2D eigenvalue weighted by atomic mass is 32.2. The number of carbonyl (C=O) groups excluding carboxylic acids is 2. The summed E-state index contributed by atoms with van der Waals surface area (Å²) in [5.41, 5.74) is -0.0643. The first-order chi connectivity index (χ1) is 12.7. The highest BCUT2D eigenvalue weighted by Gasteiger charge is 2.43. The van der Waals surface area contributed by atoms with Gasteiger partial charge in [0.05, 0.1) is 47.0 Å². The minimum absolute atomic E-state index is 0.110. The summed E-state index contributed by atoms with van der Waals surface area (Å²) in [5.74, 6) is 0.165. The van der Waals surface area contributed by atoms with Crippen molar-refractivity contribution < 1.29 is 18.5 Å². The minimum Gasteiger partial charge on any atom is -0.371 e. The molecule has 2 saturated heterocycles. The van der Waals surface area contributed by atoms with Gasteiger partial charge in [0.25, 0.3) is 11.8 Å².